The summed E-state index contributed by atoms with van der Waals surface area (Å²) in [7, 11) is 0. The van der Waals surface area contributed by atoms with Crippen molar-refractivity contribution in [3.8, 4) is 0 Å². The Labute approximate surface area is 194 Å². The van der Waals surface area contributed by atoms with Gasteiger partial charge in [0, 0.05) is 12.8 Å². The lowest BCUT2D eigenvalue weighted by molar-refractivity contribution is -0.151. The quantitative estimate of drug-likeness (QED) is 0.537. The van der Waals surface area contributed by atoms with Gasteiger partial charge in [0.2, 0.25) is 5.91 Å². The first-order valence-corrected chi connectivity index (χ1v) is 11.7. The number of aryl methyl sites for hydroxylation is 1. The number of hydrogen-bond donors (Lipinski definition) is 3. The summed E-state index contributed by atoms with van der Waals surface area (Å²) >= 11 is 0. The molecule has 0 unspecified atom stereocenters. The molecule has 1 fully saturated rings. The van der Waals surface area contributed by atoms with E-state index in [4.69, 9.17) is 0 Å². The van der Waals surface area contributed by atoms with Crippen molar-refractivity contribution in [3.63, 3.8) is 0 Å². The molecule has 0 bridgehead atoms. The number of aliphatic carboxylic acids is 2. The minimum absolute atomic E-state index is 0.240. The highest BCUT2D eigenvalue weighted by molar-refractivity contribution is 5.91. The summed E-state index contributed by atoms with van der Waals surface area (Å²) in [5.41, 5.74) is 0.733. The average Bonchev–Trinajstić information content (AvgIpc) is 3.43. The summed E-state index contributed by atoms with van der Waals surface area (Å²) in [5, 5.41) is 22.9. The molecule has 0 aromatic heterocycles. The van der Waals surface area contributed by atoms with Crippen LogP contribution in [-0.2, 0) is 33.6 Å². The van der Waals surface area contributed by atoms with Crippen LogP contribution in [0.3, 0.4) is 0 Å². The van der Waals surface area contributed by atoms with E-state index in [9.17, 15) is 24.6 Å². The average molecular weight is 450 g/mol. The van der Waals surface area contributed by atoms with E-state index in [1.165, 1.54) is 0 Å². The van der Waals surface area contributed by atoms with E-state index in [2.05, 4.69) is 5.32 Å². The van der Waals surface area contributed by atoms with Gasteiger partial charge in [-0.2, -0.15) is 0 Å². The Morgan fingerprint density at radius 1 is 0.879 bits per heavy atom. The third-order valence-corrected chi connectivity index (χ3v) is 7.52. The lowest BCUT2D eigenvalue weighted by Gasteiger charge is -2.35. The van der Waals surface area contributed by atoms with Gasteiger partial charge in [-0.25, -0.2) is 4.79 Å². The fourth-order valence-corrected chi connectivity index (χ4v) is 5.60. The Hall–Kier alpha value is -3.15. The number of fused-ring (bicyclic) bond motifs is 1. The summed E-state index contributed by atoms with van der Waals surface area (Å²) < 4.78 is 0. The molecule has 2 aliphatic carbocycles. The van der Waals surface area contributed by atoms with Gasteiger partial charge in [-0.05, 0) is 48.8 Å². The normalized spacial score (nSPS) is 18.9. The maximum Gasteiger partial charge on any atom is 0.330 e. The highest BCUT2D eigenvalue weighted by Gasteiger charge is 2.51. The van der Waals surface area contributed by atoms with E-state index < -0.39 is 28.8 Å². The SMILES string of the molecule is O=C(O)[C@@H](CCc1ccccc1)CC1(C(=O)NC2(C(=O)O)Cc3ccccc3C2)CCCC1. The van der Waals surface area contributed by atoms with Gasteiger partial charge in [0.05, 0.1) is 11.3 Å². The minimum atomic E-state index is -1.38. The molecule has 3 N–H and O–H groups in total. The van der Waals surface area contributed by atoms with Crippen LogP contribution < -0.4 is 5.32 Å². The molecule has 0 aliphatic heterocycles. The first kappa shape index (κ1) is 23.0. The molecule has 6 nitrogen and oxygen atoms in total. The topological polar surface area (TPSA) is 104 Å². The van der Waals surface area contributed by atoms with Crippen molar-refractivity contribution >= 4 is 17.8 Å². The molecule has 2 aromatic carbocycles. The second-order valence-corrected chi connectivity index (χ2v) is 9.71. The van der Waals surface area contributed by atoms with E-state index in [-0.39, 0.29) is 25.2 Å². The number of carboxylic acids is 2. The van der Waals surface area contributed by atoms with Gasteiger partial charge in [-0.1, -0.05) is 67.4 Å². The van der Waals surface area contributed by atoms with Crippen molar-refractivity contribution in [2.45, 2.75) is 63.3 Å². The van der Waals surface area contributed by atoms with Gasteiger partial charge in [0.25, 0.3) is 0 Å². The molecule has 0 saturated heterocycles. The van der Waals surface area contributed by atoms with Gasteiger partial charge in [-0.3, -0.25) is 9.59 Å². The van der Waals surface area contributed by atoms with Crippen molar-refractivity contribution < 1.29 is 24.6 Å². The molecule has 4 rings (SSSR count). The molecule has 6 heteroatoms. The van der Waals surface area contributed by atoms with Crippen LogP contribution >= 0.6 is 0 Å². The van der Waals surface area contributed by atoms with Crippen LogP contribution in [-0.4, -0.2) is 33.6 Å². The Balaban J connectivity index is 1.52. The van der Waals surface area contributed by atoms with Crippen molar-refractivity contribution in [1.82, 2.24) is 5.32 Å². The molecule has 174 valence electrons. The molecule has 1 atom stereocenters. The number of rotatable bonds is 9. The number of amides is 1. The highest BCUT2D eigenvalue weighted by atomic mass is 16.4. The van der Waals surface area contributed by atoms with Crippen molar-refractivity contribution in [1.29, 1.82) is 0 Å². The Morgan fingerprint density at radius 3 is 2.00 bits per heavy atom. The standard InChI is InChI=1S/C27H31NO5/c29-23(30)22(13-12-19-8-2-1-3-9-19)16-26(14-6-7-15-26)24(31)28-27(25(32)33)17-20-10-4-5-11-21(20)18-27/h1-5,8-11,22H,6-7,12-18H2,(H,28,31)(H,29,30)(H,32,33)/t22-/m0/s1. The smallest absolute Gasteiger partial charge is 0.330 e. The molecule has 2 aliphatic rings. The molecular formula is C27H31NO5. The summed E-state index contributed by atoms with van der Waals surface area (Å²) in [4.78, 5) is 38.1. The van der Waals surface area contributed by atoms with Crippen LogP contribution in [0.15, 0.2) is 54.6 Å². The van der Waals surface area contributed by atoms with Crippen LogP contribution in [0.5, 0.6) is 0 Å². The third-order valence-electron chi connectivity index (χ3n) is 7.52. The molecule has 2 aromatic rings. The first-order valence-electron chi connectivity index (χ1n) is 11.7. The summed E-state index contributed by atoms with van der Waals surface area (Å²) in [5.74, 6) is -2.90. The number of carbonyl (C=O) groups is 3. The first-order chi connectivity index (χ1) is 15.8. The number of carboxylic acid groups (broad SMARTS) is 2. The van der Waals surface area contributed by atoms with Gasteiger partial charge in [-0.15, -0.1) is 0 Å². The second kappa shape index (κ2) is 9.38. The molecule has 0 heterocycles. The zero-order chi connectivity index (χ0) is 23.5. The van der Waals surface area contributed by atoms with Gasteiger partial charge in [0.1, 0.15) is 5.54 Å². The lowest BCUT2D eigenvalue weighted by atomic mass is 9.74. The Morgan fingerprint density at radius 2 is 1.45 bits per heavy atom. The van der Waals surface area contributed by atoms with Gasteiger partial charge < -0.3 is 15.5 Å². The van der Waals surface area contributed by atoms with Crippen molar-refractivity contribution in [3.05, 3.63) is 71.3 Å². The summed E-state index contributed by atoms with van der Waals surface area (Å²) in [6.45, 7) is 0. The molecule has 1 saturated carbocycles. The fourth-order valence-electron chi connectivity index (χ4n) is 5.60. The molecule has 0 spiro atoms. The van der Waals surface area contributed by atoms with Gasteiger partial charge in [0.15, 0.2) is 0 Å². The van der Waals surface area contributed by atoms with Crippen LogP contribution in [0.1, 0.15) is 55.2 Å². The summed E-state index contributed by atoms with van der Waals surface area (Å²) in [6.07, 6.45) is 4.69. The Bertz CT molecular complexity index is 1000. The van der Waals surface area contributed by atoms with E-state index in [0.717, 1.165) is 29.5 Å². The molecular weight excluding hydrogens is 418 g/mol. The van der Waals surface area contributed by atoms with E-state index in [1.807, 2.05) is 54.6 Å². The Kier molecular flexibility index (Phi) is 6.54. The molecule has 0 radical (unpaired) electrons. The predicted molar refractivity (Wildman–Crippen MR) is 124 cm³/mol. The minimum Gasteiger partial charge on any atom is -0.481 e. The van der Waals surface area contributed by atoms with Crippen LogP contribution in [0.4, 0.5) is 0 Å². The zero-order valence-corrected chi connectivity index (χ0v) is 18.8. The number of nitrogens with one attached hydrogen (secondary N) is 1. The number of benzene rings is 2. The second-order valence-electron chi connectivity index (χ2n) is 9.71. The van der Waals surface area contributed by atoms with E-state index >= 15 is 0 Å². The van der Waals surface area contributed by atoms with Crippen molar-refractivity contribution in [2.24, 2.45) is 11.3 Å². The molecule has 1 amide bonds. The summed E-state index contributed by atoms with van der Waals surface area (Å²) in [6, 6.07) is 17.3. The van der Waals surface area contributed by atoms with Crippen molar-refractivity contribution in [2.75, 3.05) is 0 Å². The maximum absolute atomic E-state index is 13.6. The van der Waals surface area contributed by atoms with Crippen LogP contribution in [0.25, 0.3) is 0 Å². The van der Waals surface area contributed by atoms with E-state index in [0.29, 0.717) is 25.7 Å². The lowest BCUT2D eigenvalue weighted by Crippen LogP contribution is -2.59. The zero-order valence-electron chi connectivity index (χ0n) is 18.8. The van der Waals surface area contributed by atoms with E-state index in [1.54, 1.807) is 0 Å². The monoisotopic (exact) mass is 449 g/mol. The number of carbonyl (C=O) groups excluding carboxylic acids is 1. The fraction of sp³-hybridized carbons (Fsp3) is 0.444. The number of hydrogen-bond acceptors (Lipinski definition) is 3. The molecule has 33 heavy (non-hydrogen) atoms. The highest BCUT2D eigenvalue weighted by Crippen LogP contribution is 2.45. The maximum atomic E-state index is 13.6. The largest absolute Gasteiger partial charge is 0.481 e. The van der Waals surface area contributed by atoms with Crippen LogP contribution in [0, 0.1) is 11.3 Å². The van der Waals surface area contributed by atoms with Gasteiger partial charge >= 0.3 is 11.9 Å². The van der Waals surface area contributed by atoms with Crippen LogP contribution in [0.2, 0.25) is 0 Å². The predicted octanol–water partition coefficient (Wildman–Crippen LogP) is 4.01. The third kappa shape index (κ3) is 4.80.